The van der Waals surface area contributed by atoms with E-state index in [0.29, 0.717) is 40.5 Å². The summed E-state index contributed by atoms with van der Waals surface area (Å²) in [6.07, 6.45) is 0. The minimum atomic E-state index is -0.551. The van der Waals surface area contributed by atoms with Crippen LogP contribution in [0, 0.1) is 6.92 Å². The zero-order valence-corrected chi connectivity index (χ0v) is 19.8. The maximum absolute atomic E-state index is 13.8. The largest absolute Gasteiger partial charge is 0.454 e. The quantitative estimate of drug-likeness (QED) is 0.385. The molecule has 176 valence electrons. The molecule has 4 aromatic rings. The van der Waals surface area contributed by atoms with Crippen molar-refractivity contribution in [1.29, 1.82) is 0 Å². The predicted molar refractivity (Wildman–Crippen MR) is 132 cm³/mol. The molecule has 2 aliphatic heterocycles. The Morgan fingerprint density at radius 2 is 1.71 bits per heavy atom. The lowest BCUT2D eigenvalue weighted by molar-refractivity contribution is 0.0714. The van der Waals surface area contributed by atoms with E-state index in [2.05, 4.69) is 26.0 Å². The van der Waals surface area contributed by atoms with Gasteiger partial charge in [0.25, 0.3) is 5.91 Å². The monoisotopic (exact) mass is 467 g/mol. The summed E-state index contributed by atoms with van der Waals surface area (Å²) in [5.74, 6) is 1.53. The summed E-state index contributed by atoms with van der Waals surface area (Å²) in [7, 11) is 0. The normalized spacial score (nSPS) is 16.4. The van der Waals surface area contributed by atoms with E-state index in [-0.39, 0.29) is 23.9 Å². The summed E-state index contributed by atoms with van der Waals surface area (Å²) in [5.41, 5.74) is 4.57. The lowest BCUT2D eigenvalue weighted by atomic mass is 9.95. The summed E-state index contributed by atoms with van der Waals surface area (Å²) < 4.78 is 17.0. The number of amides is 1. The smallest absolute Gasteiger partial charge is 0.291 e. The van der Waals surface area contributed by atoms with E-state index in [9.17, 15) is 9.59 Å². The van der Waals surface area contributed by atoms with Gasteiger partial charge in [-0.05, 0) is 53.8 Å². The molecule has 3 aromatic carbocycles. The van der Waals surface area contributed by atoms with Crippen molar-refractivity contribution in [3.63, 3.8) is 0 Å². The lowest BCUT2D eigenvalue weighted by Gasteiger charge is -2.25. The average molecular weight is 468 g/mol. The number of hydrogen-bond donors (Lipinski definition) is 0. The van der Waals surface area contributed by atoms with Crippen molar-refractivity contribution in [3.05, 3.63) is 104 Å². The van der Waals surface area contributed by atoms with Crippen molar-refractivity contribution in [2.75, 3.05) is 6.79 Å². The number of carbonyl (C=O) groups excluding carboxylic acids is 1. The summed E-state index contributed by atoms with van der Waals surface area (Å²) in [6.45, 7) is 6.69. The van der Waals surface area contributed by atoms with Crippen LogP contribution in [0.5, 0.6) is 11.5 Å². The number of rotatable bonds is 4. The van der Waals surface area contributed by atoms with Crippen molar-refractivity contribution >= 4 is 16.9 Å². The Bertz CT molecular complexity index is 1530. The Morgan fingerprint density at radius 3 is 2.49 bits per heavy atom. The van der Waals surface area contributed by atoms with E-state index < -0.39 is 6.04 Å². The number of aryl methyl sites for hydroxylation is 1. The van der Waals surface area contributed by atoms with Gasteiger partial charge >= 0.3 is 0 Å². The summed E-state index contributed by atoms with van der Waals surface area (Å²) >= 11 is 0. The summed E-state index contributed by atoms with van der Waals surface area (Å²) in [5, 5.41) is 0.491. The number of nitrogens with zero attached hydrogens (tertiary/aromatic N) is 1. The van der Waals surface area contributed by atoms with Gasteiger partial charge in [0.15, 0.2) is 16.9 Å². The molecule has 0 radical (unpaired) electrons. The first kappa shape index (κ1) is 21.5. The highest BCUT2D eigenvalue weighted by Gasteiger charge is 2.42. The lowest BCUT2D eigenvalue weighted by Crippen LogP contribution is -2.29. The molecule has 1 atom stereocenters. The van der Waals surface area contributed by atoms with Gasteiger partial charge in [0, 0.05) is 6.54 Å². The van der Waals surface area contributed by atoms with Crippen LogP contribution in [0.3, 0.4) is 0 Å². The molecular formula is C29H25NO5. The summed E-state index contributed by atoms with van der Waals surface area (Å²) in [6, 6.07) is 18.7. The second-order valence-electron chi connectivity index (χ2n) is 9.52. The molecule has 6 heteroatoms. The molecule has 1 aromatic heterocycles. The highest BCUT2D eigenvalue weighted by atomic mass is 16.7. The van der Waals surface area contributed by atoms with Gasteiger partial charge in [-0.1, -0.05) is 55.8 Å². The molecule has 1 amide bonds. The minimum Gasteiger partial charge on any atom is -0.454 e. The van der Waals surface area contributed by atoms with Crippen molar-refractivity contribution in [1.82, 2.24) is 4.90 Å². The van der Waals surface area contributed by atoms with E-state index in [1.807, 2.05) is 49.4 Å². The van der Waals surface area contributed by atoms with Crippen LogP contribution in [0.4, 0.5) is 0 Å². The van der Waals surface area contributed by atoms with Crippen molar-refractivity contribution in [2.24, 2.45) is 0 Å². The Balaban J connectivity index is 1.51. The first-order valence-corrected chi connectivity index (χ1v) is 11.8. The van der Waals surface area contributed by atoms with E-state index in [1.165, 1.54) is 5.56 Å². The molecule has 0 unspecified atom stereocenters. The highest BCUT2D eigenvalue weighted by molar-refractivity contribution is 5.99. The van der Waals surface area contributed by atoms with Gasteiger partial charge in [0.05, 0.1) is 17.0 Å². The van der Waals surface area contributed by atoms with Gasteiger partial charge in [0.2, 0.25) is 12.6 Å². The molecule has 0 saturated carbocycles. The second-order valence-corrected chi connectivity index (χ2v) is 9.52. The molecule has 0 aliphatic carbocycles. The van der Waals surface area contributed by atoms with E-state index >= 15 is 0 Å². The maximum atomic E-state index is 13.8. The fourth-order valence-electron chi connectivity index (χ4n) is 4.94. The van der Waals surface area contributed by atoms with E-state index in [0.717, 1.165) is 16.7 Å². The molecule has 2 aliphatic rings. The van der Waals surface area contributed by atoms with Crippen LogP contribution in [-0.4, -0.2) is 17.6 Å². The zero-order valence-electron chi connectivity index (χ0n) is 19.8. The molecule has 0 saturated heterocycles. The topological polar surface area (TPSA) is 69.0 Å². The number of carbonyl (C=O) groups is 1. The molecule has 0 spiro atoms. The summed E-state index contributed by atoms with van der Waals surface area (Å²) in [4.78, 5) is 29.2. The third-order valence-electron chi connectivity index (χ3n) is 6.83. The number of ether oxygens (including phenoxy) is 2. The van der Waals surface area contributed by atoms with Gasteiger partial charge < -0.3 is 18.8 Å². The molecule has 35 heavy (non-hydrogen) atoms. The van der Waals surface area contributed by atoms with Crippen LogP contribution in [0.25, 0.3) is 11.0 Å². The molecule has 0 bridgehead atoms. The number of benzene rings is 3. The minimum absolute atomic E-state index is 0.116. The van der Waals surface area contributed by atoms with Crippen molar-refractivity contribution in [3.8, 4) is 11.5 Å². The van der Waals surface area contributed by atoms with Crippen LogP contribution < -0.4 is 14.9 Å². The van der Waals surface area contributed by atoms with Crippen LogP contribution >= 0.6 is 0 Å². The third-order valence-corrected chi connectivity index (χ3v) is 6.83. The fraction of sp³-hybridized carbons (Fsp3) is 0.241. The number of fused-ring (bicyclic) bond motifs is 3. The van der Waals surface area contributed by atoms with Crippen molar-refractivity contribution in [2.45, 2.75) is 39.3 Å². The van der Waals surface area contributed by atoms with Crippen LogP contribution in [0.2, 0.25) is 0 Å². The average Bonchev–Trinajstić information content (AvgIpc) is 3.43. The Hall–Kier alpha value is -4.06. The van der Waals surface area contributed by atoms with Gasteiger partial charge in [-0.25, -0.2) is 0 Å². The highest BCUT2D eigenvalue weighted by Crippen LogP contribution is 2.40. The fourth-order valence-corrected chi connectivity index (χ4v) is 4.94. The first-order chi connectivity index (χ1) is 16.9. The van der Waals surface area contributed by atoms with E-state index in [1.54, 1.807) is 11.0 Å². The Morgan fingerprint density at radius 1 is 0.943 bits per heavy atom. The maximum Gasteiger partial charge on any atom is 0.291 e. The van der Waals surface area contributed by atoms with Crippen LogP contribution in [0.15, 0.2) is 69.9 Å². The predicted octanol–water partition coefficient (Wildman–Crippen LogP) is 5.70. The van der Waals surface area contributed by atoms with Gasteiger partial charge in [-0.2, -0.15) is 0 Å². The Kier molecular flexibility index (Phi) is 4.92. The SMILES string of the molecule is Cc1ccc2oc3c(c(=O)c2c1)[C@H](c1ccc(C(C)C)cc1)N(Cc1ccc2c(c1)OCO2)C3=O. The van der Waals surface area contributed by atoms with Gasteiger partial charge in [0.1, 0.15) is 5.58 Å². The standard InChI is InChI=1S/C29H25NO5/c1-16(2)19-6-8-20(9-7-19)26-25-27(31)21-12-17(3)4-10-22(21)35-28(25)29(32)30(26)14-18-5-11-23-24(13-18)34-15-33-23/h4-13,16,26H,14-15H2,1-3H3/t26-/m0/s1. The third kappa shape index (κ3) is 3.48. The van der Waals surface area contributed by atoms with Gasteiger partial charge in [-0.15, -0.1) is 0 Å². The second kappa shape index (κ2) is 8.01. The van der Waals surface area contributed by atoms with E-state index in [4.69, 9.17) is 13.9 Å². The van der Waals surface area contributed by atoms with Gasteiger partial charge in [-0.3, -0.25) is 9.59 Å². The molecule has 0 N–H and O–H groups in total. The van der Waals surface area contributed by atoms with Crippen molar-refractivity contribution < 1.29 is 18.7 Å². The zero-order chi connectivity index (χ0) is 24.3. The molecule has 0 fully saturated rings. The molecule has 6 rings (SSSR count). The molecule has 3 heterocycles. The first-order valence-electron chi connectivity index (χ1n) is 11.8. The van der Waals surface area contributed by atoms with Crippen LogP contribution in [-0.2, 0) is 6.54 Å². The van der Waals surface area contributed by atoms with Crippen LogP contribution in [0.1, 0.15) is 64.2 Å². The molecular weight excluding hydrogens is 442 g/mol. The number of hydrogen-bond acceptors (Lipinski definition) is 5. The Labute approximate surface area is 202 Å². The molecule has 6 nitrogen and oxygen atoms in total.